The number of benzene rings is 1. The average molecular weight is 148 g/mol. The van der Waals surface area contributed by atoms with Crippen molar-refractivity contribution in [1.82, 2.24) is 0 Å². The molecule has 0 amide bonds. The van der Waals surface area contributed by atoms with Crippen molar-refractivity contribution < 1.29 is 4.84 Å². The molecule has 0 aliphatic carbocycles. The highest BCUT2D eigenvalue weighted by atomic mass is 16.6. The molecule has 0 atom stereocenters. The largest absolute Gasteiger partial charge is 0.399 e. The van der Waals surface area contributed by atoms with Crippen LogP contribution in [0.25, 0.3) is 0 Å². The zero-order valence-electron chi connectivity index (χ0n) is 6.66. The molecular weight excluding hydrogens is 138 g/mol. The summed E-state index contributed by atoms with van der Waals surface area (Å²) in [7, 11) is 1.51. The van der Waals surface area contributed by atoms with Gasteiger partial charge in [0.05, 0.1) is 0 Å². The molecule has 1 radical (unpaired) electrons. The second kappa shape index (κ2) is 3.76. The lowest BCUT2D eigenvalue weighted by Crippen LogP contribution is -1.85. The highest BCUT2D eigenvalue weighted by molar-refractivity contribution is 5.80. The maximum Gasteiger partial charge on any atom is 0.139 e. The van der Waals surface area contributed by atoms with Crippen LogP contribution >= 0.6 is 0 Å². The van der Waals surface area contributed by atoms with Crippen LogP contribution in [0.2, 0.25) is 0 Å². The van der Waals surface area contributed by atoms with Gasteiger partial charge in [0.15, 0.2) is 0 Å². The van der Waals surface area contributed by atoms with Gasteiger partial charge in [-0.25, -0.2) is 0 Å². The predicted molar refractivity (Wildman–Crippen MR) is 44.7 cm³/mol. The minimum absolute atomic E-state index is 0.967. The monoisotopic (exact) mass is 148 g/mol. The van der Waals surface area contributed by atoms with Crippen molar-refractivity contribution in [3.8, 4) is 0 Å². The molecule has 1 aromatic carbocycles. The topological polar surface area (TPSA) is 21.6 Å². The quantitative estimate of drug-likeness (QED) is 0.463. The van der Waals surface area contributed by atoms with Crippen LogP contribution in [-0.4, -0.2) is 13.3 Å². The Kier molecular flexibility index (Phi) is 2.66. The van der Waals surface area contributed by atoms with Gasteiger partial charge in [0.2, 0.25) is 0 Å². The number of aryl methyl sites for hydroxylation is 1. The summed E-state index contributed by atoms with van der Waals surface area (Å²) in [6.07, 6.45) is 2.77. The van der Waals surface area contributed by atoms with E-state index < -0.39 is 0 Å². The van der Waals surface area contributed by atoms with Crippen molar-refractivity contribution >= 4 is 6.21 Å². The fourth-order valence-corrected chi connectivity index (χ4v) is 0.793. The van der Waals surface area contributed by atoms with E-state index in [0.29, 0.717) is 0 Å². The first-order valence-electron chi connectivity index (χ1n) is 3.39. The molecule has 0 heterocycles. The van der Waals surface area contributed by atoms with Gasteiger partial charge in [0, 0.05) is 5.56 Å². The zero-order valence-corrected chi connectivity index (χ0v) is 6.66. The van der Waals surface area contributed by atoms with E-state index in [2.05, 4.69) is 16.2 Å². The van der Waals surface area contributed by atoms with Gasteiger partial charge in [-0.05, 0) is 12.5 Å². The zero-order chi connectivity index (χ0) is 8.10. The highest BCUT2D eigenvalue weighted by Gasteiger charge is 1.91. The van der Waals surface area contributed by atoms with Crippen LogP contribution in [0.1, 0.15) is 11.1 Å². The molecule has 0 aliphatic heterocycles. The van der Waals surface area contributed by atoms with Crippen LogP contribution in [0.4, 0.5) is 0 Å². The molecular formula is C9H10NO. The molecule has 2 heteroatoms. The standard InChI is InChI=1S/C9H10NO/c1-8-5-3-4-6-9(8)7-10-11-2/h3-6H,1-2H3. The summed E-state index contributed by atoms with van der Waals surface area (Å²) in [5, 5.41) is 3.55. The van der Waals surface area contributed by atoms with Crippen molar-refractivity contribution in [1.29, 1.82) is 0 Å². The van der Waals surface area contributed by atoms with Crippen LogP contribution in [0.3, 0.4) is 0 Å². The Morgan fingerprint density at radius 2 is 2.09 bits per heavy atom. The van der Waals surface area contributed by atoms with Crippen molar-refractivity contribution in [2.75, 3.05) is 7.11 Å². The minimum atomic E-state index is 0.967. The molecule has 1 aromatic rings. The molecule has 0 aliphatic rings. The van der Waals surface area contributed by atoms with E-state index in [-0.39, 0.29) is 0 Å². The van der Waals surface area contributed by atoms with E-state index in [9.17, 15) is 0 Å². The molecule has 57 valence electrons. The van der Waals surface area contributed by atoms with Crippen LogP contribution in [0.5, 0.6) is 0 Å². The summed E-state index contributed by atoms with van der Waals surface area (Å²) in [4.78, 5) is 4.51. The molecule has 0 fully saturated rings. The van der Waals surface area contributed by atoms with E-state index >= 15 is 0 Å². The summed E-state index contributed by atoms with van der Waals surface area (Å²) in [5.41, 5.74) is 2.11. The second-order valence-corrected chi connectivity index (χ2v) is 2.20. The Morgan fingerprint density at radius 1 is 1.36 bits per heavy atom. The summed E-state index contributed by atoms with van der Waals surface area (Å²) in [5.74, 6) is 0. The van der Waals surface area contributed by atoms with Gasteiger partial charge in [0.1, 0.15) is 13.3 Å². The van der Waals surface area contributed by atoms with Crippen LogP contribution in [-0.2, 0) is 4.84 Å². The molecule has 2 nitrogen and oxygen atoms in total. The van der Waals surface area contributed by atoms with Crippen LogP contribution < -0.4 is 0 Å². The summed E-state index contributed by atoms with van der Waals surface area (Å²) in [6, 6.07) is 7.87. The van der Waals surface area contributed by atoms with Gasteiger partial charge in [-0.3, -0.25) is 0 Å². The smallest absolute Gasteiger partial charge is 0.139 e. The summed E-state index contributed by atoms with van der Waals surface area (Å²) < 4.78 is 0. The second-order valence-electron chi connectivity index (χ2n) is 2.20. The van der Waals surface area contributed by atoms with Crippen LogP contribution in [0, 0.1) is 6.92 Å². The lowest BCUT2D eigenvalue weighted by molar-refractivity contribution is 0.215. The van der Waals surface area contributed by atoms with Gasteiger partial charge in [-0.1, -0.05) is 29.4 Å². The lowest BCUT2D eigenvalue weighted by Gasteiger charge is -1.95. The van der Waals surface area contributed by atoms with Crippen molar-refractivity contribution in [3.05, 3.63) is 35.4 Å². The Morgan fingerprint density at radius 3 is 2.73 bits per heavy atom. The average Bonchev–Trinajstić information content (AvgIpc) is 2.03. The summed E-state index contributed by atoms with van der Waals surface area (Å²) >= 11 is 0. The third kappa shape index (κ3) is 2.08. The first-order valence-corrected chi connectivity index (χ1v) is 3.39. The number of nitrogens with zero attached hydrogens (tertiary/aromatic N) is 1. The third-order valence-corrected chi connectivity index (χ3v) is 1.40. The summed E-state index contributed by atoms with van der Waals surface area (Å²) in [6.45, 7) is 2.01. The normalized spacial score (nSPS) is 10.4. The third-order valence-electron chi connectivity index (χ3n) is 1.40. The first kappa shape index (κ1) is 7.79. The van der Waals surface area contributed by atoms with Crippen molar-refractivity contribution in [2.45, 2.75) is 6.92 Å². The Balaban J connectivity index is 2.86. The number of hydrogen-bond donors (Lipinski definition) is 0. The Hall–Kier alpha value is -1.31. The maximum atomic E-state index is 4.51. The molecule has 11 heavy (non-hydrogen) atoms. The molecule has 0 bridgehead atoms. The molecule has 0 N–H and O–H groups in total. The van der Waals surface area contributed by atoms with Gasteiger partial charge < -0.3 is 4.84 Å². The molecule has 0 unspecified atom stereocenters. The fraction of sp³-hybridized carbons (Fsp3) is 0.222. The van der Waals surface area contributed by atoms with Gasteiger partial charge in [0.25, 0.3) is 0 Å². The first-order chi connectivity index (χ1) is 5.34. The van der Waals surface area contributed by atoms with Crippen LogP contribution in [0.15, 0.2) is 29.4 Å². The number of hydrogen-bond acceptors (Lipinski definition) is 2. The SMILES string of the molecule is CO/N=[C]\c1ccccc1C. The minimum Gasteiger partial charge on any atom is -0.399 e. The van der Waals surface area contributed by atoms with Gasteiger partial charge in [-0.2, -0.15) is 0 Å². The lowest BCUT2D eigenvalue weighted by atomic mass is 10.1. The maximum absolute atomic E-state index is 4.51. The highest BCUT2D eigenvalue weighted by Crippen LogP contribution is 2.03. The molecule has 0 saturated carbocycles. The van der Waals surface area contributed by atoms with Gasteiger partial charge in [-0.15, -0.1) is 0 Å². The van der Waals surface area contributed by atoms with E-state index in [0.717, 1.165) is 11.1 Å². The van der Waals surface area contributed by atoms with E-state index in [1.165, 1.54) is 7.11 Å². The predicted octanol–water partition coefficient (Wildman–Crippen LogP) is 1.85. The van der Waals surface area contributed by atoms with E-state index in [4.69, 9.17) is 0 Å². The molecule has 0 aromatic heterocycles. The Labute approximate surface area is 66.5 Å². The van der Waals surface area contributed by atoms with Gasteiger partial charge >= 0.3 is 0 Å². The molecule has 1 rings (SSSR count). The van der Waals surface area contributed by atoms with Crippen molar-refractivity contribution in [2.24, 2.45) is 5.16 Å². The number of rotatable bonds is 2. The fourth-order valence-electron chi connectivity index (χ4n) is 0.793. The van der Waals surface area contributed by atoms with E-state index in [1.807, 2.05) is 31.2 Å². The van der Waals surface area contributed by atoms with Crippen molar-refractivity contribution in [3.63, 3.8) is 0 Å². The molecule has 0 spiro atoms. The molecule has 0 saturated heterocycles. The van der Waals surface area contributed by atoms with E-state index in [1.54, 1.807) is 0 Å². The Bertz CT molecular complexity index is 255.